The Hall–Kier alpha value is -1.12. The first kappa shape index (κ1) is 10.4. The largest absolute Gasteiger partial charge is 0.293 e. The lowest BCUT2D eigenvalue weighted by molar-refractivity contribution is 0.0749. The maximum atomic E-state index is 12.3. The van der Waals surface area contributed by atoms with Crippen LogP contribution < -0.4 is 0 Å². The van der Waals surface area contributed by atoms with Crippen molar-refractivity contribution >= 4 is 5.78 Å². The fourth-order valence-corrected chi connectivity index (χ4v) is 2.45. The number of hydrogen-bond donors (Lipinski definition) is 0. The van der Waals surface area contributed by atoms with Gasteiger partial charge in [-0.15, -0.1) is 0 Å². The minimum absolute atomic E-state index is 0.138. The van der Waals surface area contributed by atoms with Gasteiger partial charge >= 0.3 is 0 Å². The topological polar surface area (TPSA) is 34.9 Å². The molecule has 1 aliphatic rings. The molecule has 1 aliphatic carbocycles. The highest BCUT2D eigenvalue weighted by atomic mass is 16.1. The minimum Gasteiger partial charge on any atom is -0.293 e. The Morgan fingerprint density at radius 1 is 1.40 bits per heavy atom. The summed E-state index contributed by atoms with van der Waals surface area (Å²) in [5.41, 5.74) is 0.628. The van der Waals surface area contributed by atoms with Crippen LogP contribution in [0, 0.1) is 5.41 Å². The number of hydrogen-bond acceptors (Lipinski definition) is 2. The highest BCUT2D eigenvalue weighted by molar-refractivity contribution is 5.99. The molecule has 3 nitrogen and oxygen atoms in total. The highest BCUT2D eigenvalue weighted by Gasteiger charge is 2.35. The van der Waals surface area contributed by atoms with E-state index in [0.717, 1.165) is 18.4 Å². The average Bonchev–Trinajstić information content (AvgIpc) is 2.65. The van der Waals surface area contributed by atoms with Gasteiger partial charge in [-0.1, -0.05) is 26.2 Å². The first-order valence-electron chi connectivity index (χ1n) is 5.65. The third kappa shape index (κ3) is 1.96. The summed E-state index contributed by atoms with van der Waals surface area (Å²) in [5.74, 6) is 0.273. The Morgan fingerprint density at radius 2 is 2.07 bits per heavy atom. The lowest BCUT2D eigenvalue weighted by Gasteiger charge is -2.31. The van der Waals surface area contributed by atoms with Crippen LogP contribution >= 0.6 is 0 Å². The van der Waals surface area contributed by atoms with E-state index in [2.05, 4.69) is 12.0 Å². The SMILES string of the molecule is Cn1cc(C(=O)C2(C)CCCCC2)cn1. The van der Waals surface area contributed by atoms with E-state index in [4.69, 9.17) is 0 Å². The van der Waals surface area contributed by atoms with Gasteiger partial charge in [0.05, 0.1) is 11.8 Å². The van der Waals surface area contributed by atoms with E-state index >= 15 is 0 Å². The smallest absolute Gasteiger partial charge is 0.171 e. The highest BCUT2D eigenvalue weighted by Crippen LogP contribution is 2.38. The van der Waals surface area contributed by atoms with Crippen LogP contribution in [0.25, 0.3) is 0 Å². The van der Waals surface area contributed by atoms with Crippen LogP contribution in [0.2, 0.25) is 0 Å². The summed E-state index contributed by atoms with van der Waals surface area (Å²) in [7, 11) is 1.85. The molecule has 1 aromatic rings. The molecule has 0 radical (unpaired) electrons. The molecular weight excluding hydrogens is 188 g/mol. The second-order valence-electron chi connectivity index (χ2n) is 4.85. The molecule has 0 aromatic carbocycles. The van der Waals surface area contributed by atoms with Crippen molar-refractivity contribution in [2.45, 2.75) is 39.0 Å². The van der Waals surface area contributed by atoms with Gasteiger partial charge < -0.3 is 0 Å². The monoisotopic (exact) mass is 206 g/mol. The van der Waals surface area contributed by atoms with Crippen LogP contribution in [0.3, 0.4) is 0 Å². The number of carbonyl (C=O) groups excluding carboxylic acids is 1. The average molecular weight is 206 g/mol. The summed E-state index contributed by atoms with van der Waals surface area (Å²) in [4.78, 5) is 12.3. The van der Waals surface area contributed by atoms with Crippen LogP contribution in [0.15, 0.2) is 12.4 Å². The maximum Gasteiger partial charge on any atom is 0.171 e. The van der Waals surface area contributed by atoms with Gasteiger partial charge in [0.2, 0.25) is 0 Å². The Kier molecular flexibility index (Phi) is 2.63. The van der Waals surface area contributed by atoms with Gasteiger partial charge in [-0.25, -0.2) is 0 Å². The van der Waals surface area contributed by atoms with Crippen molar-refractivity contribution < 1.29 is 4.79 Å². The zero-order chi connectivity index (χ0) is 10.9. The van der Waals surface area contributed by atoms with Crippen LogP contribution in [0.1, 0.15) is 49.4 Å². The van der Waals surface area contributed by atoms with Gasteiger partial charge in [-0.3, -0.25) is 9.48 Å². The summed E-state index contributed by atoms with van der Waals surface area (Å²) < 4.78 is 1.69. The predicted octanol–water partition coefficient (Wildman–Crippen LogP) is 2.57. The first-order chi connectivity index (χ1) is 7.12. The molecule has 0 spiro atoms. The summed E-state index contributed by atoms with van der Waals surface area (Å²) in [5, 5.41) is 4.06. The molecule has 0 aliphatic heterocycles. The molecule has 0 N–H and O–H groups in total. The van der Waals surface area contributed by atoms with Gasteiger partial charge in [0.25, 0.3) is 0 Å². The van der Waals surface area contributed by atoms with Gasteiger partial charge in [0.1, 0.15) is 0 Å². The zero-order valence-corrected chi connectivity index (χ0v) is 9.49. The van der Waals surface area contributed by atoms with E-state index in [1.54, 1.807) is 10.9 Å². The Morgan fingerprint density at radius 3 is 2.60 bits per heavy atom. The molecule has 1 saturated carbocycles. The molecule has 0 amide bonds. The van der Waals surface area contributed by atoms with Gasteiger partial charge in [0, 0.05) is 18.7 Å². The molecule has 0 unspecified atom stereocenters. The Bertz CT molecular complexity index is 361. The molecule has 0 atom stereocenters. The third-order valence-electron chi connectivity index (χ3n) is 3.47. The first-order valence-corrected chi connectivity index (χ1v) is 5.65. The Balaban J connectivity index is 2.19. The fraction of sp³-hybridized carbons (Fsp3) is 0.667. The Labute approximate surface area is 90.5 Å². The van der Waals surface area contributed by atoms with E-state index in [9.17, 15) is 4.79 Å². The third-order valence-corrected chi connectivity index (χ3v) is 3.47. The maximum absolute atomic E-state index is 12.3. The molecule has 1 aromatic heterocycles. The second kappa shape index (κ2) is 3.80. The number of rotatable bonds is 2. The van der Waals surface area contributed by atoms with E-state index in [-0.39, 0.29) is 11.2 Å². The van der Waals surface area contributed by atoms with Crippen LogP contribution in [0.4, 0.5) is 0 Å². The fourth-order valence-electron chi connectivity index (χ4n) is 2.45. The predicted molar refractivity (Wildman–Crippen MR) is 58.7 cm³/mol. The summed E-state index contributed by atoms with van der Waals surface area (Å²) >= 11 is 0. The van der Waals surface area contributed by atoms with Crippen molar-refractivity contribution in [2.24, 2.45) is 12.5 Å². The number of aromatic nitrogens is 2. The zero-order valence-electron chi connectivity index (χ0n) is 9.49. The molecular formula is C12H18N2O. The number of Topliss-reactive ketones (excluding diaryl/α,β-unsaturated/α-hetero) is 1. The van der Waals surface area contributed by atoms with Crippen molar-refractivity contribution in [3.8, 4) is 0 Å². The molecule has 15 heavy (non-hydrogen) atoms. The molecule has 1 heterocycles. The van der Waals surface area contributed by atoms with Gasteiger partial charge in [0.15, 0.2) is 5.78 Å². The number of carbonyl (C=O) groups is 1. The summed E-state index contributed by atoms with van der Waals surface area (Å²) in [6, 6.07) is 0. The van der Waals surface area contributed by atoms with Gasteiger partial charge in [-0.2, -0.15) is 5.10 Å². The van der Waals surface area contributed by atoms with E-state index in [1.807, 2.05) is 13.2 Å². The normalized spacial score (nSPS) is 20.1. The number of ketones is 1. The second-order valence-corrected chi connectivity index (χ2v) is 4.85. The quantitative estimate of drug-likeness (QED) is 0.697. The molecule has 82 valence electrons. The minimum atomic E-state index is -0.138. The standard InChI is InChI=1S/C12H18N2O/c1-12(6-4-3-5-7-12)11(15)10-8-13-14(2)9-10/h8-9H,3-7H2,1-2H3. The van der Waals surface area contributed by atoms with Crippen molar-refractivity contribution in [3.05, 3.63) is 18.0 Å². The van der Waals surface area contributed by atoms with E-state index < -0.39 is 0 Å². The van der Waals surface area contributed by atoms with Crippen molar-refractivity contribution in [3.63, 3.8) is 0 Å². The molecule has 0 bridgehead atoms. The van der Waals surface area contributed by atoms with Crippen LogP contribution in [-0.2, 0) is 7.05 Å². The summed E-state index contributed by atoms with van der Waals surface area (Å²) in [6.07, 6.45) is 9.20. The van der Waals surface area contributed by atoms with Crippen LogP contribution in [0.5, 0.6) is 0 Å². The van der Waals surface area contributed by atoms with Gasteiger partial charge in [-0.05, 0) is 12.8 Å². The number of aryl methyl sites for hydroxylation is 1. The number of nitrogens with zero attached hydrogens (tertiary/aromatic N) is 2. The lowest BCUT2D eigenvalue weighted by Crippen LogP contribution is -2.30. The van der Waals surface area contributed by atoms with E-state index in [1.165, 1.54) is 19.3 Å². The molecule has 3 heteroatoms. The van der Waals surface area contributed by atoms with E-state index in [0.29, 0.717) is 0 Å². The molecule has 2 rings (SSSR count). The van der Waals surface area contributed by atoms with Crippen LogP contribution in [-0.4, -0.2) is 15.6 Å². The lowest BCUT2D eigenvalue weighted by atomic mass is 9.71. The molecule has 0 saturated heterocycles. The van der Waals surface area contributed by atoms with Crippen molar-refractivity contribution in [1.29, 1.82) is 0 Å². The molecule has 1 fully saturated rings. The van der Waals surface area contributed by atoms with Crippen molar-refractivity contribution in [2.75, 3.05) is 0 Å². The summed E-state index contributed by atoms with van der Waals surface area (Å²) in [6.45, 7) is 2.10. The van der Waals surface area contributed by atoms with Crippen molar-refractivity contribution in [1.82, 2.24) is 9.78 Å².